The molecule has 2 aromatic rings. The number of nitrogens with one attached hydrogen (secondary N) is 1. The largest absolute Gasteiger partial charge is 0.366 e. The van der Waals surface area contributed by atoms with E-state index in [-0.39, 0.29) is 0 Å². The first-order valence-electron chi connectivity index (χ1n) is 4.03. The summed E-state index contributed by atoms with van der Waals surface area (Å²) in [6.45, 7) is 0. The zero-order chi connectivity index (χ0) is 9.97. The maximum Gasteiger partial charge on any atom is 0.190 e. The Balaban J connectivity index is 2.28. The van der Waals surface area contributed by atoms with Crippen molar-refractivity contribution in [2.75, 3.05) is 11.9 Å². The van der Waals surface area contributed by atoms with Crippen LogP contribution in [0.25, 0.3) is 0 Å². The van der Waals surface area contributed by atoms with Crippen LogP contribution in [0.5, 0.6) is 0 Å². The predicted molar refractivity (Wildman–Crippen MR) is 55.7 cm³/mol. The first-order valence-corrected chi connectivity index (χ1v) is 4.85. The van der Waals surface area contributed by atoms with Crippen LogP contribution >= 0.6 is 11.3 Å². The second-order valence-electron chi connectivity index (χ2n) is 2.75. The van der Waals surface area contributed by atoms with Gasteiger partial charge in [-0.1, -0.05) is 11.3 Å². The molecular weight excluding hydrogens is 196 g/mol. The topological polar surface area (TPSA) is 55.7 Å². The van der Waals surface area contributed by atoms with Crippen LogP contribution in [0.3, 0.4) is 0 Å². The van der Waals surface area contributed by atoms with Crippen molar-refractivity contribution in [1.29, 1.82) is 5.26 Å². The van der Waals surface area contributed by atoms with Gasteiger partial charge in [0.15, 0.2) is 5.13 Å². The lowest BCUT2D eigenvalue weighted by atomic mass is 10.5. The number of anilines is 2. The van der Waals surface area contributed by atoms with Crippen LogP contribution in [0.1, 0.15) is 4.88 Å². The fourth-order valence-electron chi connectivity index (χ4n) is 1.11. The van der Waals surface area contributed by atoms with Crippen LogP contribution in [0.4, 0.5) is 10.8 Å². The van der Waals surface area contributed by atoms with Gasteiger partial charge in [-0.3, -0.25) is 0 Å². The summed E-state index contributed by atoms with van der Waals surface area (Å²) in [6, 6.07) is 4.02. The molecule has 0 saturated carbocycles. The van der Waals surface area contributed by atoms with Gasteiger partial charge in [0, 0.05) is 19.4 Å². The molecular formula is C9H8N4S. The number of rotatable bonds is 2. The van der Waals surface area contributed by atoms with Gasteiger partial charge in [-0.2, -0.15) is 5.26 Å². The Bertz CT molecular complexity index is 451. The molecule has 14 heavy (non-hydrogen) atoms. The maximum atomic E-state index is 8.66. The Hall–Kier alpha value is -1.80. The third kappa shape index (κ3) is 1.47. The van der Waals surface area contributed by atoms with E-state index in [4.69, 9.17) is 5.26 Å². The quantitative estimate of drug-likeness (QED) is 0.815. The van der Waals surface area contributed by atoms with E-state index in [1.165, 1.54) is 11.3 Å². The van der Waals surface area contributed by atoms with E-state index in [1.807, 2.05) is 30.4 Å². The van der Waals surface area contributed by atoms with Crippen LogP contribution in [-0.2, 0) is 0 Å². The first kappa shape index (κ1) is 8.78. The molecule has 1 N–H and O–H groups in total. The average molecular weight is 204 g/mol. The molecule has 0 aliphatic heterocycles. The minimum absolute atomic E-state index is 0.627. The first-order chi connectivity index (χ1) is 6.81. The molecule has 0 spiro atoms. The molecule has 0 unspecified atom stereocenters. The molecule has 0 saturated heterocycles. The van der Waals surface area contributed by atoms with Gasteiger partial charge in [0.25, 0.3) is 0 Å². The van der Waals surface area contributed by atoms with E-state index >= 15 is 0 Å². The van der Waals surface area contributed by atoms with Crippen molar-refractivity contribution in [3.05, 3.63) is 29.5 Å². The number of aromatic nitrogens is 2. The van der Waals surface area contributed by atoms with Crippen molar-refractivity contribution in [3.8, 4) is 6.07 Å². The van der Waals surface area contributed by atoms with Crippen LogP contribution < -0.4 is 4.90 Å². The highest BCUT2D eigenvalue weighted by Gasteiger charge is 2.08. The molecule has 0 fully saturated rings. The normalized spacial score (nSPS) is 9.71. The summed E-state index contributed by atoms with van der Waals surface area (Å²) < 4.78 is 0. The molecule has 0 aromatic carbocycles. The number of aromatic amines is 1. The van der Waals surface area contributed by atoms with E-state index < -0.39 is 0 Å². The SMILES string of the molecule is CN(c1cc[nH]c1)c1ncc(C#N)s1. The van der Waals surface area contributed by atoms with Crippen molar-refractivity contribution in [1.82, 2.24) is 9.97 Å². The van der Waals surface area contributed by atoms with Gasteiger partial charge in [0.2, 0.25) is 0 Å². The summed E-state index contributed by atoms with van der Waals surface area (Å²) in [5.74, 6) is 0. The summed E-state index contributed by atoms with van der Waals surface area (Å²) in [5.41, 5.74) is 1.03. The molecule has 2 rings (SSSR count). The van der Waals surface area contributed by atoms with Crippen molar-refractivity contribution in [2.45, 2.75) is 0 Å². The summed E-state index contributed by atoms with van der Waals surface area (Å²) in [5, 5.41) is 9.48. The van der Waals surface area contributed by atoms with Crippen LogP contribution in [0.2, 0.25) is 0 Å². The Labute approximate surface area is 85.4 Å². The fraction of sp³-hybridized carbons (Fsp3) is 0.111. The standard InChI is InChI=1S/C9H8N4S/c1-13(7-2-3-11-5-7)9-12-6-8(4-10)14-9/h2-3,5-6,11H,1H3. The van der Waals surface area contributed by atoms with E-state index in [9.17, 15) is 0 Å². The third-order valence-electron chi connectivity index (χ3n) is 1.86. The minimum atomic E-state index is 0.627. The van der Waals surface area contributed by atoms with Gasteiger partial charge >= 0.3 is 0 Å². The highest BCUT2D eigenvalue weighted by atomic mass is 32.1. The van der Waals surface area contributed by atoms with E-state index in [0.29, 0.717) is 4.88 Å². The van der Waals surface area contributed by atoms with Gasteiger partial charge in [-0.05, 0) is 6.07 Å². The molecule has 0 bridgehead atoms. The molecule has 2 aromatic heterocycles. The van der Waals surface area contributed by atoms with Crippen LogP contribution in [0, 0.1) is 11.3 Å². The monoisotopic (exact) mass is 204 g/mol. The molecule has 0 aliphatic carbocycles. The van der Waals surface area contributed by atoms with Crippen molar-refractivity contribution < 1.29 is 0 Å². The summed E-state index contributed by atoms with van der Waals surface area (Å²) in [6.07, 6.45) is 5.32. The lowest BCUT2D eigenvalue weighted by Crippen LogP contribution is -2.07. The van der Waals surface area contributed by atoms with E-state index in [2.05, 4.69) is 16.0 Å². The summed E-state index contributed by atoms with van der Waals surface area (Å²) in [7, 11) is 1.92. The van der Waals surface area contributed by atoms with Gasteiger partial charge < -0.3 is 9.88 Å². The summed E-state index contributed by atoms with van der Waals surface area (Å²) >= 11 is 1.38. The highest BCUT2D eigenvalue weighted by molar-refractivity contribution is 7.16. The maximum absolute atomic E-state index is 8.66. The lowest BCUT2D eigenvalue weighted by Gasteiger charge is -2.12. The Morgan fingerprint density at radius 3 is 3.07 bits per heavy atom. The molecule has 0 amide bonds. The smallest absolute Gasteiger partial charge is 0.190 e. The van der Waals surface area contributed by atoms with Crippen LogP contribution in [-0.4, -0.2) is 17.0 Å². The van der Waals surface area contributed by atoms with E-state index in [0.717, 1.165) is 10.8 Å². The molecule has 2 heterocycles. The Kier molecular flexibility index (Phi) is 2.21. The molecule has 0 aliphatic rings. The number of H-pyrrole nitrogens is 1. The number of thiazole rings is 1. The zero-order valence-electron chi connectivity index (χ0n) is 7.56. The second kappa shape index (κ2) is 3.52. The highest BCUT2D eigenvalue weighted by Crippen LogP contribution is 2.26. The van der Waals surface area contributed by atoms with E-state index in [1.54, 1.807) is 6.20 Å². The van der Waals surface area contributed by atoms with Gasteiger partial charge in [-0.25, -0.2) is 4.98 Å². The second-order valence-corrected chi connectivity index (χ2v) is 3.76. The fourth-order valence-corrected chi connectivity index (χ4v) is 1.80. The zero-order valence-corrected chi connectivity index (χ0v) is 8.38. The minimum Gasteiger partial charge on any atom is -0.366 e. The molecule has 0 atom stereocenters. The number of hydrogen-bond acceptors (Lipinski definition) is 4. The summed E-state index contributed by atoms with van der Waals surface area (Å²) in [4.78, 5) is 9.68. The van der Waals surface area contributed by atoms with Crippen LogP contribution in [0.15, 0.2) is 24.7 Å². The van der Waals surface area contributed by atoms with Crippen molar-refractivity contribution >= 4 is 22.2 Å². The van der Waals surface area contributed by atoms with Crippen molar-refractivity contribution in [2.24, 2.45) is 0 Å². The number of nitrogens with zero attached hydrogens (tertiary/aromatic N) is 3. The molecule has 5 heteroatoms. The van der Waals surface area contributed by atoms with Gasteiger partial charge in [0.1, 0.15) is 10.9 Å². The third-order valence-corrected chi connectivity index (χ3v) is 2.84. The lowest BCUT2D eigenvalue weighted by molar-refractivity contribution is 1.17. The van der Waals surface area contributed by atoms with Gasteiger partial charge in [-0.15, -0.1) is 0 Å². The number of nitriles is 1. The van der Waals surface area contributed by atoms with Gasteiger partial charge in [0.05, 0.1) is 11.9 Å². The molecule has 4 nitrogen and oxygen atoms in total. The molecule has 0 radical (unpaired) electrons. The Morgan fingerprint density at radius 2 is 2.50 bits per heavy atom. The predicted octanol–water partition coefficient (Wildman–Crippen LogP) is 2.11. The number of hydrogen-bond donors (Lipinski definition) is 1. The van der Waals surface area contributed by atoms with Crippen molar-refractivity contribution in [3.63, 3.8) is 0 Å². The average Bonchev–Trinajstić information content (AvgIpc) is 2.88. The Morgan fingerprint density at radius 1 is 1.64 bits per heavy atom. The molecule has 70 valence electrons.